The third kappa shape index (κ3) is 5.55. The van der Waals surface area contributed by atoms with Crippen LogP contribution in [0, 0.1) is 6.92 Å². The van der Waals surface area contributed by atoms with Crippen molar-refractivity contribution in [3.05, 3.63) is 53.6 Å². The van der Waals surface area contributed by atoms with Gasteiger partial charge in [-0.05, 0) is 75.6 Å². The lowest BCUT2D eigenvalue weighted by molar-refractivity contribution is 0.102. The zero-order valence-corrected chi connectivity index (χ0v) is 20.1. The number of nitrogens with zero attached hydrogens (tertiary/aromatic N) is 1. The zero-order chi connectivity index (χ0) is 23.5. The van der Waals surface area contributed by atoms with E-state index >= 15 is 0 Å². The summed E-state index contributed by atoms with van der Waals surface area (Å²) in [6, 6.07) is 10.1. The van der Waals surface area contributed by atoms with Gasteiger partial charge in [-0.1, -0.05) is 12.5 Å². The fraction of sp³-hybridized carbons (Fsp3) is 0.409. The Kier molecular flexibility index (Phi) is 7.39. The van der Waals surface area contributed by atoms with Gasteiger partial charge in [0.25, 0.3) is 5.91 Å². The summed E-state index contributed by atoms with van der Waals surface area (Å²) in [7, 11) is -7.29. The van der Waals surface area contributed by atoms with E-state index in [0.29, 0.717) is 24.3 Å². The van der Waals surface area contributed by atoms with Gasteiger partial charge in [-0.3, -0.25) is 4.79 Å². The van der Waals surface area contributed by atoms with E-state index in [4.69, 9.17) is 0 Å². The lowest BCUT2D eigenvalue weighted by Crippen LogP contribution is -2.36. The van der Waals surface area contributed by atoms with Crippen LogP contribution < -0.4 is 10.0 Å². The largest absolute Gasteiger partial charge is 0.322 e. The van der Waals surface area contributed by atoms with Gasteiger partial charge in [0.2, 0.25) is 20.0 Å². The van der Waals surface area contributed by atoms with E-state index in [0.717, 1.165) is 19.3 Å². The first-order valence-corrected chi connectivity index (χ1v) is 13.5. The first-order chi connectivity index (χ1) is 15.0. The van der Waals surface area contributed by atoms with Crippen molar-refractivity contribution in [2.45, 2.75) is 55.9 Å². The van der Waals surface area contributed by atoms with Crippen LogP contribution in [0.5, 0.6) is 0 Å². The highest BCUT2D eigenvalue weighted by Crippen LogP contribution is 2.26. The highest BCUT2D eigenvalue weighted by Gasteiger charge is 2.27. The standard InChI is InChI=1S/C22H29N3O5S2/c1-16(2)24-31(27,28)20-11-8-18(9-12-20)22(26)23-19-10-7-17(3)21(15-19)32(29,30)25-13-5-4-6-14-25/h7-12,15-16,24H,4-6,13-14H2,1-3H3,(H,23,26). The van der Waals surface area contributed by atoms with Gasteiger partial charge in [0.05, 0.1) is 9.79 Å². The van der Waals surface area contributed by atoms with Crippen LogP contribution in [0.25, 0.3) is 0 Å². The van der Waals surface area contributed by atoms with Gasteiger partial charge in [0.1, 0.15) is 0 Å². The molecule has 1 fully saturated rings. The number of anilines is 1. The lowest BCUT2D eigenvalue weighted by atomic mass is 10.2. The first kappa shape index (κ1) is 24.4. The second kappa shape index (κ2) is 9.70. The van der Waals surface area contributed by atoms with Crippen molar-refractivity contribution in [3.63, 3.8) is 0 Å². The monoisotopic (exact) mass is 479 g/mol. The zero-order valence-electron chi connectivity index (χ0n) is 18.5. The highest BCUT2D eigenvalue weighted by molar-refractivity contribution is 7.89. The Morgan fingerprint density at radius 1 is 0.938 bits per heavy atom. The second-order valence-corrected chi connectivity index (χ2v) is 11.8. The molecule has 1 amide bonds. The number of benzene rings is 2. The molecule has 2 aromatic carbocycles. The molecular formula is C22H29N3O5S2. The van der Waals surface area contributed by atoms with Crippen LogP contribution in [0.4, 0.5) is 5.69 Å². The van der Waals surface area contributed by atoms with Crippen LogP contribution in [-0.2, 0) is 20.0 Å². The van der Waals surface area contributed by atoms with Gasteiger partial charge >= 0.3 is 0 Å². The summed E-state index contributed by atoms with van der Waals surface area (Å²) in [5, 5.41) is 2.70. The van der Waals surface area contributed by atoms with Gasteiger partial charge in [-0.25, -0.2) is 21.6 Å². The van der Waals surface area contributed by atoms with Crippen molar-refractivity contribution >= 4 is 31.6 Å². The Balaban J connectivity index is 1.79. The molecule has 0 saturated carbocycles. The Morgan fingerprint density at radius 3 is 2.16 bits per heavy atom. The van der Waals surface area contributed by atoms with Crippen LogP contribution in [-0.4, -0.2) is 46.2 Å². The third-order valence-electron chi connectivity index (χ3n) is 5.20. The van der Waals surface area contributed by atoms with E-state index in [-0.39, 0.29) is 21.4 Å². The van der Waals surface area contributed by atoms with E-state index < -0.39 is 26.0 Å². The van der Waals surface area contributed by atoms with Crippen LogP contribution in [0.15, 0.2) is 52.3 Å². The van der Waals surface area contributed by atoms with E-state index in [9.17, 15) is 21.6 Å². The molecule has 10 heteroatoms. The second-order valence-electron chi connectivity index (χ2n) is 8.20. The minimum Gasteiger partial charge on any atom is -0.322 e. The van der Waals surface area contributed by atoms with E-state index in [2.05, 4.69) is 10.0 Å². The van der Waals surface area contributed by atoms with Crippen molar-refractivity contribution in [1.82, 2.24) is 9.03 Å². The summed E-state index contributed by atoms with van der Waals surface area (Å²) < 4.78 is 54.6. The van der Waals surface area contributed by atoms with Gasteiger partial charge < -0.3 is 5.32 Å². The van der Waals surface area contributed by atoms with Gasteiger partial charge in [0.15, 0.2) is 0 Å². The van der Waals surface area contributed by atoms with Crippen LogP contribution in [0.3, 0.4) is 0 Å². The number of rotatable bonds is 7. The summed E-state index contributed by atoms with van der Waals surface area (Å²) in [6.45, 7) is 6.17. The molecular weight excluding hydrogens is 450 g/mol. The molecule has 8 nitrogen and oxygen atoms in total. The average molecular weight is 480 g/mol. The quantitative estimate of drug-likeness (QED) is 0.634. The van der Waals surface area contributed by atoms with Crippen LogP contribution in [0.2, 0.25) is 0 Å². The fourth-order valence-corrected chi connectivity index (χ4v) is 6.59. The third-order valence-corrected chi connectivity index (χ3v) is 8.91. The van der Waals surface area contributed by atoms with Gasteiger partial charge in [-0.15, -0.1) is 0 Å². The first-order valence-electron chi connectivity index (χ1n) is 10.6. The molecule has 1 heterocycles. The minimum absolute atomic E-state index is 0.0630. The molecule has 0 atom stereocenters. The predicted octanol–water partition coefficient (Wildman–Crippen LogP) is 3.11. The number of sulfonamides is 2. The Labute approximate surface area is 190 Å². The van der Waals surface area contributed by atoms with Crippen molar-refractivity contribution in [2.75, 3.05) is 18.4 Å². The smallest absolute Gasteiger partial charge is 0.255 e. The average Bonchev–Trinajstić information content (AvgIpc) is 2.75. The minimum atomic E-state index is -3.65. The topological polar surface area (TPSA) is 113 Å². The number of amides is 1. The van der Waals surface area contributed by atoms with E-state index in [1.165, 1.54) is 34.6 Å². The maximum atomic E-state index is 13.1. The molecule has 0 bridgehead atoms. The molecule has 32 heavy (non-hydrogen) atoms. The predicted molar refractivity (Wildman–Crippen MR) is 124 cm³/mol. The molecule has 0 radical (unpaired) electrons. The molecule has 2 N–H and O–H groups in total. The number of carbonyl (C=O) groups is 1. The normalized spacial score (nSPS) is 15.6. The van der Waals surface area contributed by atoms with Gasteiger partial charge in [-0.2, -0.15) is 4.31 Å². The molecule has 1 aliphatic heterocycles. The molecule has 1 aliphatic rings. The van der Waals surface area contributed by atoms with Crippen molar-refractivity contribution in [1.29, 1.82) is 0 Å². The van der Waals surface area contributed by atoms with Gasteiger partial charge in [0, 0.05) is 30.4 Å². The summed E-state index contributed by atoms with van der Waals surface area (Å²) >= 11 is 0. The molecule has 2 aromatic rings. The van der Waals surface area contributed by atoms with Crippen molar-refractivity contribution < 1.29 is 21.6 Å². The summed E-state index contributed by atoms with van der Waals surface area (Å²) in [5.41, 5.74) is 1.23. The number of aryl methyl sites for hydroxylation is 1. The summed E-state index contributed by atoms with van der Waals surface area (Å²) in [4.78, 5) is 12.9. The fourth-order valence-electron chi connectivity index (χ4n) is 3.57. The molecule has 1 saturated heterocycles. The summed E-state index contributed by atoms with van der Waals surface area (Å²) in [6.07, 6.45) is 2.70. The SMILES string of the molecule is Cc1ccc(NC(=O)c2ccc(S(=O)(=O)NC(C)C)cc2)cc1S(=O)(=O)N1CCCCC1. The van der Waals surface area contributed by atoms with Crippen molar-refractivity contribution in [2.24, 2.45) is 0 Å². The van der Waals surface area contributed by atoms with E-state index in [1.54, 1.807) is 32.9 Å². The number of hydrogen-bond donors (Lipinski definition) is 2. The maximum Gasteiger partial charge on any atom is 0.255 e. The molecule has 174 valence electrons. The number of nitrogens with one attached hydrogen (secondary N) is 2. The van der Waals surface area contributed by atoms with Crippen LogP contribution in [0.1, 0.15) is 49.0 Å². The maximum absolute atomic E-state index is 13.1. The summed E-state index contributed by atoms with van der Waals surface area (Å²) in [5.74, 6) is -0.462. The molecule has 0 spiro atoms. The molecule has 0 unspecified atom stereocenters. The lowest BCUT2D eigenvalue weighted by Gasteiger charge is -2.26. The molecule has 0 aromatic heterocycles. The van der Waals surface area contributed by atoms with Crippen LogP contribution >= 0.6 is 0 Å². The number of piperidine rings is 1. The van der Waals surface area contributed by atoms with Crippen molar-refractivity contribution in [3.8, 4) is 0 Å². The highest BCUT2D eigenvalue weighted by atomic mass is 32.2. The number of hydrogen-bond acceptors (Lipinski definition) is 5. The molecule has 0 aliphatic carbocycles. The number of carbonyl (C=O) groups excluding carboxylic acids is 1. The Bertz CT molecular complexity index is 1180. The van der Waals surface area contributed by atoms with E-state index in [1.807, 2.05) is 0 Å². The Morgan fingerprint density at radius 2 is 1.56 bits per heavy atom. The Hall–Kier alpha value is -2.27. The molecule has 3 rings (SSSR count).